The molecule has 1 aliphatic rings. The van der Waals surface area contributed by atoms with Crippen LogP contribution in [-0.2, 0) is 4.74 Å². The van der Waals surface area contributed by atoms with E-state index in [1.165, 1.54) is 30.3 Å². The van der Waals surface area contributed by atoms with Gasteiger partial charge in [0.05, 0.1) is 11.6 Å². The topological polar surface area (TPSA) is 30.5 Å². The van der Waals surface area contributed by atoms with E-state index in [2.05, 4.69) is 5.32 Å². The van der Waals surface area contributed by atoms with Gasteiger partial charge in [-0.3, -0.25) is 0 Å². The third-order valence-corrected chi connectivity index (χ3v) is 3.91. The number of benzene rings is 2. The Labute approximate surface area is 138 Å². The van der Waals surface area contributed by atoms with E-state index in [1.807, 2.05) is 0 Å². The predicted molar refractivity (Wildman–Crippen MR) is 83.8 cm³/mol. The zero-order valence-electron chi connectivity index (χ0n) is 12.3. The van der Waals surface area contributed by atoms with E-state index >= 15 is 0 Å². The largest absolute Gasteiger partial charge is 0.481 e. The van der Waals surface area contributed by atoms with E-state index in [0.717, 1.165) is 6.54 Å². The maximum atomic E-state index is 13.6. The van der Waals surface area contributed by atoms with Gasteiger partial charge in [-0.05, 0) is 35.9 Å². The summed E-state index contributed by atoms with van der Waals surface area (Å²) in [7, 11) is 0. The number of morpholine rings is 1. The third-order valence-electron chi connectivity index (χ3n) is 3.62. The highest BCUT2D eigenvalue weighted by molar-refractivity contribution is 6.32. The molecule has 2 atom stereocenters. The maximum absolute atomic E-state index is 13.6. The van der Waals surface area contributed by atoms with Crippen LogP contribution in [0.1, 0.15) is 11.7 Å². The molecule has 122 valence electrons. The van der Waals surface area contributed by atoms with Crippen LogP contribution in [0, 0.1) is 11.6 Å². The first-order valence-electron chi connectivity index (χ1n) is 7.33. The summed E-state index contributed by atoms with van der Waals surface area (Å²) >= 11 is 6.04. The lowest BCUT2D eigenvalue weighted by atomic mass is 10.0. The number of rotatable bonds is 4. The molecule has 3 rings (SSSR count). The van der Waals surface area contributed by atoms with Crippen molar-refractivity contribution in [3.05, 3.63) is 64.7 Å². The molecule has 1 heterocycles. The Morgan fingerprint density at radius 2 is 2.00 bits per heavy atom. The molecule has 0 bridgehead atoms. The minimum absolute atomic E-state index is 0.162. The second kappa shape index (κ2) is 7.25. The monoisotopic (exact) mass is 339 g/mol. The van der Waals surface area contributed by atoms with Crippen molar-refractivity contribution >= 4 is 11.6 Å². The summed E-state index contributed by atoms with van der Waals surface area (Å²) in [4.78, 5) is 0. The Kier molecular flexibility index (Phi) is 5.10. The van der Waals surface area contributed by atoms with Crippen molar-refractivity contribution in [1.82, 2.24) is 5.32 Å². The number of ether oxygens (including phenoxy) is 2. The minimum Gasteiger partial charge on any atom is -0.481 e. The summed E-state index contributed by atoms with van der Waals surface area (Å²) in [5.74, 6) is -0.471. The fraction of sp³-hybridized carbons (Fsp3) is 0.294. The number of hydrogen-bond donors (Lipinski definition) is 1. The summed E-state index contributed by atoms with van der Waals surface area (Å²) in [6.45, 7) is 1.86. The Morgan fingerprint density at radius 1 is 1.17 bits per heavy atom. The summed E-state index contributed by atoms with van der Waals surface area (Å²) in [6, 6.07) is 10.1. The smallest absolute Gasteiger partial charge is 0.151 e. The zero-order valence-corrected chi connectivity index (χ0v) is 13.0. The molecule has 0 unspecified atom stereocenters. The lowest BCUT2D eigenvalue weighted by molar-refractivity contribution is -0.0433. The molecule has 0 spiro atoms. The van der Waals surface area contributed by atoms with Crippen LogP contribution in [0.15, 0.2) is 42.5 Å². The molecule has 2 aromatic rings. The van der Waals surface area contributed by atoms with E-state index in [0.29, 0.717) is 24.5 Å². The van der Waals surface area contributed by atoms with Crippen LogP contribution in [0.2, 0.25) is 5.02 Å². The molecule has 1 fully saturated rings. The summed E-state index contributed by atoms with van der Waals surface area (Å²) < 4.78 is 38.5. The standard InChI is InChI=1S/C17H16ClF2NO2/c18-14-9-13(20)4-5-15(14)23-17(16-10-21-6-7-22-16)11-2-1-3-12(19)8-11/h1-5,8-9,16-17,21H,6-7,10H2/t16-,17-/m0/s1. The van der Waals surface area contributed by atoms with Gasteiger partial charge in [0.25, 0.3) is 0 Å². The number of nitrogens with one attached hydrogen (secondary N) is 1. The normalized spacial score (nSPS) is 19.3. The van der Waals surface area contributed by atoms with E-state index < -0.39 is 11.9 Å². The molecular weight excluding hydrogens is 324 g/mol. The van der Waals surface area contributed by atoms with Crippen LogP contribution in [-0.4, -0.2) is 25.8 Å². The lowest BCUT2D eigenvalue weighted by Gasteiger charge is -2.31. The van der Waals surface area contributed by atoms with Gasteiger partial charge in [-0.15, -0.1) is 0 Å². The Bertz CT molecular complexity index is 677. The van der Waals surface area contributed by atoms with E-state index in [4.69, 9.17) is 21.1 Å². The van der Waals surface area contributed by atoms with Crippen molar-refractivity contribution in [3.8, 4) is 5.75 Å². The van der Waals surface area contributed by atoms with Crippen molar-refractivity contribution < 1.29 is 18.3 Å². The van der Waals surface area contributed by atoms with Gasteiger partial charge in [-0.1, -0.05) is 23.7 Å². The average Bonchev–Trinajstić information content (AvgIpc) is 2.55. The second-order valence-electron chi connectivity index (χ2n) is 5.28. The molecular formula is C17H16ClF2NO2. The van der Waals surface area contributed by atoms with Crippen LogP contribution in [0.3, 0.4) is 0 Å². The van der Waals surface area contributed by atoms with Crippen LogP contribution in [0.4, 0.5) is 8.78 Å². The highest BCUT2D eigenvalue weighted by Gasteiger charge is 2.28. The van der Waals surface area contributed by atoms with E-state index in [9.17, 15) is 8.78 Å². The molecule has 0 amide bonds. The van der Waals surface area contributed by atoms with Crippen molar-refractivity contribution in [1.29, 1.82) is 0 Å². The Hall–Kier alpha value is -1.69. The quantitative estimate of drug-likeness (QED) is 0.920. The highest BCUT2D eigenvalue weighted by Crippen LogP contribution is 2.32. The van der Waals surface area contributed by atoms with Crippen LogP contribution in [0.25, 0.3) is 0 Å². The molecule has 0 saturated carbocycles. The van der Waals surface area contributed by atoms with Gasteiger partial charge in [-0.2, -0.15) is 0 Å². The molecule has 0 aromatic heterocycles. The third kappa shape index (κ3) is 3.99. The van der Waals surface area contributed by atoms with Crippen molar-refractivity contribution in [2.24, 2.45) is 0 Å². The summed E-state index contributed by atoms with van der Waals surface area (Å²) in [5, 5.41) is 3.38. The molecule has 1 aliphatic heterocycles. The fourth-order valence-corrected chi connectivity index (χ4v) is 2.74. The van der Waals surface area contributed by atoms with Crippen LogP contribution in [0.5, 0.6) is 5.75 Å². The first-order chi connectivity index (χ1) is 11.1. The summed E-state index contributed by atoms with van der Waals surface area (Å²) in [5.41, 5.74) is 0.638. The second-order valence-corrected chi connectivity index (χ2v) is 5.69. The Morgan fingerprint density at radius 3 is 2.70 bits per heavy atom. The fourth-order valence-electron chi connectivity index (χ4n) is 2.53. The van der Waals surface area contributed by atoms with Gasteiger partial charge in [-0.25, -0.2) is 8.78 Å². The van der Waals surface area contributed by atoms with Crippen molar-refractivity contribution in [3.63, 3.8) is 0 Å². The maximum Gasteiger partial charge on any atom is 0.151 e. The van der Waals surface area contributed by atoms with Gasteiger partial charge in [0.1, 0.15) is 23.5 Å². The van der Waals surface area contributed by atoms with Gasteiger partial charge in [0.15, 0.2) is 6.10 Å². The van der Waals surface area contributed by atoms with Crippen molar-refractivity contribution in [2.75, 3.05) is 19.7 Å². The van der Waals surface area contributed by atoms with E-state index in [1.54, 1.807) is 12.1 Å². The van der Waals surface area contributed by atoms with Gasteiger partial charge < -0.3 is 14.8 Å². The molecule has 0 radical (unpaired) electrons. The molecule has 6 heteroatoms. The van der Waals surface area contributed by atoms with Crippen LogP contribution < -0.4 is 10.1 Å². The Balaban J connectivity index is 1.91. The SMILES string of the molecule is Fc1cccc([C@H](Oc2ccc(F)cc2Cl)[C@@H]2CNCCO2)c1. The summed E-state index contributed by atoms with van der Waals surface area (Å²) in [6.07, 6.45) is -0.854. The first kappa shape index (κ1) is 16.2. The van der Waals surface area contributed by atoms with Gasteiger partial charge in [0.2, 0.25) is 0 Å². The molecule has 1 N–H and O–H groups in total. The average molecular weight is 340 g/mol. The minimum atomic E-state index is -0.554. The highest BCUT2D eigenvalue weighted by atomic mass is 35.5. The lowest BCUT2D eigenvalue weighted by Crippen LogP contribution is -2.43. The van der Waals surface area contributed by atoms with Gasteiger partial charge in [0, 0.05) is 13.1 Å². The zero-order chi connectivity index (χ0) is 16.2. The molecule has 1 saturated heterocycles. The molecule has 2 aromatic carbocycles. The van der Waals surface area contributed by atoms with E-state index in [-0.39, 0.29) is 16.9 Å². The molecule has 0 aliphatic carbocycles. The van der Waals surface area contributed by atoms with Crippen LogP contribution >= 0.6 is 11.6 Å². The number of hydrogen-bond acceptors (Lipinski definition) is 3. The molecule has 3 nitrogen and oxygen atoms in total. The predicted octanol–water partition coefficient (Wildman–Crippen LogP) is 3.73. The molecule has 23 heavy (non-hydrogen) atoms. The first-order valence-corrected chi connectivity index (χ1v) is 7.71. The number of halogens is 3. The van der Waals surface area contributed by atoms with Gasteiger partial charge >= 0.3 is 0 Å². The van der Waals surface area contributed by atoms with Crippen molar-refractivity contribution in [2.45, 2.75) is 12.2 Å².